The van der Waals surface area contributed by atoms with Crippen LogP contribution in [0.1, 0.15) is 56.2 Å². The van der Waals surface area contributed by atoms with E-state index in [0.29, 0.717) is 11.4 Å². The van der Waals surface area contributed by atoms with E-state index in [9.17, 15) is 13.2 Å². The molecule has 0 spiro atoms. The maximum absolute atomic E-state index is 13.5. The molecule has 0 aliphatic heterocycles. The number of aromatic nitrogens is 2. The molecule has 3 aromatic rings. The van der Waals surface area contributed by atoms with E-state index in [1.165, 1.54) is 30.4 Å². The number of hydrogen-bond acceptors (Lipinski definition) is 4. The first-order valence-electron chi connectivity index (χ1n) is 11.0. The van der Waals surface area contributed by atoms with Crippen LogP contribution in [-0.4, -0.2) is 9.97 Å². The average Bonchev–Trinajstić information content (AvgIpc) is 2.78. The van der Waals surface area contributed by atoms with Crippen LogP contribution in [0, 0.1) is 0 Å². The highest BCUT2D eigenvalue weighted by Gasteiger charge is 2.35. The molecule has 32 heavy (non-hydrogen) atoms. The predicted molar refractivity (Wildman–Crippen MR) is 124 cm³/mol. The summed E-state index contributed by atoms with van der Waals surface area (Å²) < 4.78 is 40.6. The van der Waals surface area contributed by atoms with Crippen molar-refractivity contribution in [2.45, 2.75) is 58.5 Å². The Morgan fingerprint density at radius 3 is 2.00 bits per heavy atom. The van der Waals surface area contributed by atoms with Crippen LogP contribution in [-0.2, 0) is 19.0 Å². The molecule has 0 fully saturated rings. The molecule has 0 bridgehead atoms. The van der Waals surface area contributed by atoms with Gasteiger partial charge in [-0.3, -0.25) is 0 Å². The lowest BCUT2D eigenvalue weighted by atomic mass is 10.1. The highest BCUT2D eigenvalue weighted by Crippen LogP contribution is 2.35. The van der Waals surface area contributed by atoms with Gasteiger partial charge in [0.05, 0.1) is 0 Å². The number of anilines is 4. The lowest BCUT2D eigenvalue weighted by Crippen LogP contribution is -2.12. The number of hydrogen-bond donors (Lipinski definition) is 2. The number of nitrogens with one attached hydrogen (secondary N) is 2. The van der Waals surface area contributed by atoms with Crippen molar-refractivity contribution in [3.63, 3.8) is 0 Å². The monoisotopic (exact) mass is 442 g/mol. The number of alkyl halides is 3. The predicted octanol–water partition coefficient (Wildman–Crippen LogP) is 7.67. The zero-order valence-electron chi connectivity index (χ0n) is 18.5. The van der Waals surface area contributed by atoms with E-state index in [0.717, 1.165) is 25.5 Å². The number of aryl methyl sites for hydroxylation is 2. The van der Waals surface area contributed by atoms with E-state index in [1.54, 1.807) is 12.1 Å². The zero-order chi connectivity index (χ0) is 23.0. The summed E-state index contributed by atoms with van der Waals surface area (Å²) in [5.41, 5.74) is 2.68. The van der Waals surface area contributed by atoms with E-state index >= 15 is 0 Å². The number of halogens is 3. The molecule has 1 aromatic heterocycles. The minimum Gasteiger partial charge on any atom is -0.340 e. The van der Waals surface area contributed by atoms with Gasteiger partial charge in [0, 0.05) is 17.6 Å². The first-order chi connectivity index (χ1) is 15.4. The Bertz CT molecular complexity index is 984. The van der Waals surface area contributed by atoms with Gasteiger partial charge >= 0.3 is 6.18 Å². The van der Waals surface area contributed by atoms with E-state index in [4.69, 9.17) is 0 Å². The summed E-state index contributed by atoms with van der Waals surface area (Å²) in [7, 11) is 0. The lowest BCUT2D eigenvalue weighted by Gasteiger charge is -2.15. The maximum Gasteiger partial charge on any atom is 0.421 e. The van der Waals surface area contributed by atoms with Crippen molar-refractivity contribution in [3.05, 3.63) is 71.4 Å². The molecular weight excluding hydrogens is 413 g/mol. The van der Waals surface area contributed by atoms with Gasteiger partial charge in [0.2, 0.25) is 5.95 Å². The summed E-state index contributed by atoms with van der Waals surface area (Å²) >= 11 is 0. The van der Waals surface area contributed by atoms with Gasteiger partial charge in [-0.15, -0.1) is 0 Å². The molecule has 0 unspecified atom stereocenters. The van der Waals surface area contributed by atoms with Gasteiger partial charge in [-0.05, 0) is 54.7 Å². The lowest BCUT2D eigenvalue weighted by molar-refractivity contribution is -0.137. The minimum absolute atomic E-state index is 0.0947. The van der Waals surface area contributed by atoms with Crippen molar-refractivity contribution in [3.8, 4) is 0 Å². The third-order valence-corrected chi connectivity index (χ3v) is 5.25. The largest absolute Gasteiger partial charge is 0.421 e. The Morgan fingerprint density at radius 2 is 1.41 bits per heavy atom. The third kappa shape index (κ3) is 6.70. The van der Waals surface area contributed by atoms with Gasteiger partial charge in [-0.25, -0.2) is 4.98 Å². The van der Waals surface area contributed by atoms with Crippen molar-refractivity contribution >= 4 is 23.1 Å². The fourth-order valence-corrected chi connectivity index (χ4v) is 3.35. The molecule has 0 atom stereocenters. The molecule has 2 aromatic carbocycles. The quantitative estimate of drug-likeness (QED) is 0.316. The SMILES string of the molecule is CCCCCCc1ccc(Nc2nc(Nc3ccc(CC)cc3)ncc2C(F)(F)F)cc1. The third-order valence-electron chi connectivity index (χ3n) is 5.25. The van der Waals surface area contributed by atoms with Crippen LogP contribution in [0.25, 0.3) is 0 Å². The smallest absolute Gasteiger partial charge is 0.340 e. The Labute approximate surface area is 187 Å². The number of rotatable bonds is 10. The van der Waals surface area contributed by atoms with Crippen molar-refractivity contribution in [1.82, 2.24) is 9.97 Å². The summed E-state index contributed by atoms with van der Waals surface area (Å²) in [4.78, 5) is 7.98. The van der Waals surface area contributed by atoms with E-state index in [-0.39, 0.29) is 11.8 Å². The molecule has 170 valence electrons. The van der Waals surface area contributed by atoms with Gasteiger partial charge in [-0.1, -0.05) is 57.4 Å². The molecule has 3 rings (SSSR count). The second kappa shape index (κ2) is 11.0. The second-order valence-electron chi connectivity index (χ2n) is 7.76. The average molecular weight is 443 g/mol. The number of unbranched alkanes of at least 4 members (excludes halogenated alkanes) is 3. The Balaban J connectivity index is 1.76. The second-order valence-corrected chi connectivity index (χ2v) is 7.76. The summed E-state index contributed by atoms with van der Waals surface area (Å²) in [6.07, 6.45) is 2.80. The van der Waals surface area contributed by atoms with Crippen molar-refractivity contribution in [2.24, 2.45) is 0 Å². The molecule has 7 heteroatoms. The summed E-state index contributed by atoms with van der Waals surface area (Å²) in [6.45, 7) is 4.23. The summed E-state index contributed by atoms with van der Waals surface area (Å²) in [6, 6.07) is 15.1. The topological polar surface area (TPSA) is 49.8 Å². The van der Waals surface area contributed by atoms with Gasteiger partial charge < -0.3 is 10.6 Å². The Hall–Kier alpha value is -3.09. The zero-order valence-corrected chi connectivity index (χ0v) is 18.5. The molecule has 0 saturated carbocycles. The molecule has 4 nitrogen and oxygen atoms in total. The van der Waals surface area contributed by atoms with E-state index in [2.05, 4.69) is 34.4 Å². The highest BCUT2D eigenvalue weighted by molar-refractivity contribution is 5.63. The van der Waals surface area contributed by atoms with Crippen LogP contribution >= 0.6 is 0 Å². The summed E-state index contributed by atoms with van der Waals surface area (Å²) in [5, 5.41) is 5.79. The van der Waals surface area contributed by atoms with Crippen molar-refractivity contribution in [2.75, 3.05) is 10.6 Å². The highest BCUT2D eigenvalue weighted by atomic mass is 19.4. The molecule has 0 aliphatic rings. The summed E-state index contributed by atoms with van der Waals surface area (Å²) in [5.74, 6) is -0.187. The van der Waals surface area contributed by atoms with Crippen LogP contribution < -0.4 is 10.6 Å². The fourth-order valence-electron chi connectivity index (χ4n) is 3.35. The normalized spacial score (nSPS) is 11.4. The first-order valence-corrected chi connectivity index (χ1v) is 11.0. The molecule has 1 heterocycles. The fraction of sp³-hybridized carbons (Fsp3) is 0.360. The van der Waals surface area contributed by atoms with E-state index in [1.807, 2.05) is 36.4 Å². The number of nitrogens with zero attached hydrogens (tertiary/aromatic N) is 2. The van der Waals surface area contributed by atoms with Crippen LogP contribution in [0.3, 0.4) is 0 Å². The van der Waals surface area contributed by atoms with Crippen LogP contribution in [0.5, 0.6) is 0 Å². The molecule has 0 radical (unpaired) electrons. The Kier molecular flexibility index (Phi) is 8.09. The standard InChI is InChI=1S/C25H29F3N4/c1-3-5-6-7-8-19-11-15-20(16-12-19)30-23-22(25(26,27)28)17-29-24(32-23)31-21-13-9-18(4-2)10-14-21/h9-17H,3-8H2,1-2H3,(H2,29,30,31,32). The van der Waals surface area contributed by atoms with Gasteiger partial charge in [0.1, 0.15) is 11.4 Å². The van der Waals surface area contributed by atoms with Crippen LogP contribution in [0.2, 0.25) is 0 Å². The molecule has 0 aliphatic carbocycles. The van der Waals surface area contributed by atoms with Gasteiger partial charge in [0.15, 0.2) is 0 Å². The minimum atomic E-state index is -4.57. The van der Waals surface area contributed by atoms with Crippen LogP contribution in [0.4, 0.5) is 36.3 Å². The van der Waals surface area contributed by atoms with Gasteiger partial charge in [-0.2, -0.15) is 18.2 Å². The molecule has 0 amide bonds. The van der Waals surface area contributed by atoms with Crippen LogP contribution in [0.15, 0.2) is 54.7 Å². The molecule has 0 saturated heterocycles. The van der Waals surface area contributed by atoms with Crippen molar-refractivity contribution in [1.29, 1.82) is 0 Å². The van der Waals surface area contributed by atoms with Crippen molar-refractivity contribution < 1.29 is 13.2 Å². The molecule has 2 N–H and O–H groups in total. The van der Waals surface area contributed by atoms with E-state index < -0.39 is 11.7 Å². The molecular formula is C25H29F3N4. The number of benzene rings is 2. The first kappa shape index (κ1) is 23.6. The van der Waals surface area contributed by atoms with Gasteiger partial charge in [0.25, 0.3) is 0 Å². The maximum atomic E-state index is 13.5. The Morgan fingerprint density at radius 1 is 0.781 bits per heavy atom.